The van der Waals surface area contributed by atoms with E-state index in [0.717, 1.165) is 40.8 Å². The number of anilines is 1. The molecule has 10 nitrogen and oxygen atoms in total. The van der Waals surface area contributed by atoms with Crippen molar-refractivity contribution in [1.82, 2.24) is 25.0 Å². The quantitative estimate of drug-likeness (QED) is 0.194. The highest BCUT2D eigenvalue weighted by atomic mass is 127. The van der Waals surface area contributed by atoms with E-state index in [1.54, 1.807) is 12.5 Å². The number of ether oxygens (including phenoxy) is 2. The molecule has 0 fully saturated rings. The third-order valence-corrected chi connectivity index (χ3v) is 6.15. The predicted molar refractivity (Wildman–Crippen MR) is 134 cm³/mol. The minimum Gasteiger partial charge on any atom is -0.444 e. The van der Waals surface area contributed by atoms with E-state index in [1.165, 1.54) is 0 Å². The van der Waals surface area contributed by atoms with E-state index in [0.29, 0.717) is 32.7 Å². The second-order valence-corrected chi connectivity index (χ2v) is 10.1. The maximum atomic E-state index is 11.6. The molecular weight excluding hydrogens is 546 g/mol. The van der Waals surface area contributed by atoms with Gasteiger partial charge < -0.3 is 24.6 Å². The molecule has 3 heterocycles. The minimum atomic E-state index is -0.480. The molecule has 1 atom stereocenters. The first-order valence-electron chi connectivity index (χ1n) is 10.3. The number of nitrogens with one attached hydrogen (secondary N) is 2. The number of hydrogen-bond donors (Lipinski definition) is 2. The molecule has 0 aliphatic heterocycles. The number of carbonyl (C=O) groups is 1. The summed E-state index contributed by atoms with van der Waals surface area (Å²) >= 11 is 2.28. The van der Waals surface area contributed by atoms with Gasteiger partial charge in [0.15, 0.2) is 5.65 Å². The first-order valence-corrected chi connectivity index (χ1v) is 14.4. The highest BCUT2D eigenvalue weighted by Crippen LogP contribution is 2.33. The highest BCUT2D eigenvalue weighted by Gasteiger charge is 2.15. The van der Waals surface area contributed by atoms with Gasteiger partial charge in [0.25, 0.3) is 0 Å². The van der Waals surface area contributed by atoms with E-state index in [2.05, 4.69) is 42.9 Å². The average molecular weight is 574 g/mol. The van der Waals surface area contributed by atoms with E-state index in [-0.39, 0.29) is 6.09 Å². The van der Waals surface area contributed by atoms with Crippen LogP contribution in [0, 0.1) is 0 Å². The van der Waals surface area contributed by atoms with Gasteiger partial charge in [-0.05, 0) is 61.7 Å². The van der Waals surface area contributed by atoms with Gasteiger partial charge in [-0.1, -0.05) is 5.16 Å². The molecule has 174 valence electrons. The molecule has 0 bridgehead atoms. The third kappa shape index (κ3) is 7.28. The lowest BCUT2D eigenvalue weighted by atomic mass is 10.2. The number of carbonyl (C=O) groups excluding carboxylic acids is 1. The Morgan fingerprint density at radius 3 is 2.81 bits per heavy atom. The van der Waals surface area contributed by atoms with Crippen LogP contribution < -0.4 is 10.6 Å². The fourth-order valence-corrected chi connectivity index (χ4v) is 4.29. The molecule has 0 radical (unpaired) electrons. The molecule has 32 heavy (non-hydrogen) atoms. The number of pyridine rings is 1. The van der Waals surface area contributed by atoms with Crippen LogP contribution in [-0.4, -0.2) is 57.7 Å². The summed E-state index contributed by atoms with van der Waals surface area (Å²) in [5.41, 5.74) is 2.87. The Morgan fingerprint density at radius 1 is 1.25 bits per heavy atom. The lowest BCUT2D eigenvalue weighted by molar-refractivity contribution is 0.0524. The zero-order valence-corrected chi connectivity index (χ0v) is 21.5. The van der Waals surface area contributed by atoms with E-state index < -0.39 is 5.60 Å². The Balaban J connectivity index is 1.42. The molecule has 0 saturated heterocycles. The standard InChI is InChI=1S/C20H28IN6O4P/c1-20(2,3)31-19(28)23-6-4-5-8-29-9-7-22-17-10-16(14-11-25-30-13-14)26-18-15(17)12-24-27(18)32-21/h10-13,32H,4-9H2,1-3H3,(H,22,26)(H,23,28). The molecule has 1 unspecified atom stereocenters. The Labute approximate surface area is 201 Å². The summed E-state index contributed by atoms with van der Waals surface area (Å²) in [5.74, 6) is 0. The number of halogens is 1. The summed E-state index contributed by atoms with van der Waals surface area (Å²) in [5, 5.41) is 15.3. The number of nitrogens with zero attached hydrogens (tertiary/aromatic N) is 4. The average Bonchev–Trinajstić information content (AvgIpc) is 3.40. The van der Waals surface area contributed by atoms with Crippen molar-refractivity contribution in [3.05, 3.63) is 24.7 Å². The molecule has 3 rings (SSSR count). The molecule has 3 aromatic rings. The highest BCUT2D eigenvalue weighted by molar-refractivity contribution is 14.2. The van der Waals surface area contributed by atoms with Crippen LogP contribution in [0.3, 0.4) is 0 Å². The van der Waals surface area contributed by atoms with E-state index in [9.17, 15) is 4.79 Å². The third-order valence-electron chi connectivity index (χ3n) is 4.30. The van der Waals surface area contributed by atoms with Gasteiger partial charge in [0.1, 0.15) is 11.9 Å². The van der Waals surface area contributed by atoms with Crippen LogP contribution >= 0.6 is 28.4 Å². The Kier molecular flexibility index (Phi) is 9.06. The number of aromatic nitrogens is 4. The van der Waals surface area contributed by atoms with Crippen LogP contribution in [0.25, 0.3) is 22.3 Å². The van der Waals surface area contributed by atoms with Crippen molar-refractivity contribution >= 4 is 51.2 Å². The van der Waals surface area contributed by atoms with Crippen LogP contribution in [0.2, 0.25) is 0 Å². The lowest BCUT2D eigenvalue weighted by Gasteiger charge is -2.19. The van der Waals surface area contributed by atoms with E-state index in [1.807, 2.05) is 37.5 Å². The molecule has 2 N–H and O–H groups in total. The molecule has 0 aromatic carbocycles. The Morgan fingerprint density at radius 2 is 2.09 bits per heavy atom. The van der Waals surface area contributed by atoms with Gasteiger partial charge in [0.05, 0.1) is 42.0 Å². The van der Waals surface area contributed by atoms with Crippen LogP contribution in [0.5, 0.6) is 0 Å². The molecule has 0 aliphatic carbocycles. The molecule has 1 amide bonds. The maximum absolute atomic E-state index is 11.6. The summed E-state index contributed by atoms with van der Waals surface area (Å²) in [7, 11) is 0. The number of alkyl carbamates (subject to hydrolysis) is 1. The number of rotatable bonds is 11. The van der Waals surface area contributed by atoms with Crippen molar-refractivity contribution in [2.24, 2.45) is 0 Å². The number of hydrogen-bond acceptors (Lipinski definition) is 8. The van der Waals surface area contributed by atoms with Gasteiger partial charge in [0, 0.05) is 25.4 Å². The fourth-order valence-electron chi connectivity index (χ4n) is 2.88. The number of fused-ring (bicyclic) bond motifs is 1. The first kappa shape index (κ1) is 24.7. The normalized spacial score (nSPS) is 12.0. The van der Waals surface area contributed by atoms with Gasteiger partial charge in [0.2, 0.25) is 0 Å². The topological polar surface area (TPSA) is 116 Å². The monoisotopic (exact) mass is 574 g/mol. The summed E-state index contributed by atoms with van der Waals surface area (Å²) in [4.78, 5) is 16.3. The molecule has 0 spiro atoms. The van der Waals surface area contributed by atoms with Gasteiger partial charge in [-0.25, -0.2) is 14.2 Å². The fraction of sp³-hybridized carbons (Fsp3) is 0.500. The lowest BCUT2D eigenvalue weighted by Crippen LogP contribution is -2.33. The van der Waals surface area contributed by atoms with Gasteiger partial charge in [-0.15, -0.1) is 0 Å². The minimum absolute atomic E-state index is 0.386. The van der Waals surface area contributed by atoms with Crippen LogP contribution in [0.15, 0.2) is 29.2 Å². The zero-order chi connectivity index (χ0) is 23.0. The van der Waals surface area contributed by atoms with Crippen LogP contribution in [0.1, 0.15) is 33.6 Å². The molecular formula is C20H28IN6O4P. The zero-order valence-electron chi connectivity index (χ0n) is 18.4. The van der Waals surface area contributed by atoms with Crippen LogP contribution in [0.4, 0.5) is 10.5 Å². The summed E-state index contributed by atoms with van der Waals surface area (Å²) in [6.07, 6.45) is 6.80. The SMILES string of the molecule is CC(C)(C)OC(=O)NCCCCOCCNc1cc(-c2cnoc2)nc2c1cnn2PI. The first-order chi connectivity index (χ1) is 15.4. The smallest absolute Gasteiger partial charge is 0.407 e. The molecule has 12 heteroatoms. The van der Waals surface area contributed by atoms with Crippen molar-refractivity contribution in [3.63, 3.8) is 0 Å². The summed E-state index contributed by atoms with van der Waals surface area (Å²) in [6.45, 7) is 7.94. The van der Waals surface area contributed by atoms with Crippen molar-refractivity contribution in [2.45, 2.75) is 39.2 Å². The van der Waals surface area contributed by atoms with E-state index in [4.69, 9.17) is 19.0 Å². The van der Waals surface area contributed by atoms with Crippen LogP contribution in [-0.2, 0) is 9.47 Å². The second-order valence-electron chi connectivity index (χ2n) is 8.02. The largest absolute Gasteiger partial charge is 0.444 e. The van der Waals surface area contributed by atoms with Crippen molar-refractivity contribution in [2.75, 3.05) is 31.6 Å². The van der Waals surface area contributed by atoms with Crippen molar-refractivity contribution in [3.8, 4) is 11.3 Å². The van der Waals surface area contributed by atoms with Gasteiger partial charge >= 0.3 is 6.09 Å². The number of amides is 1. The molecule has 0 saturated carbocycles. The maximum Gasteiger partial charge on any atom is 0.407 e. The van der Waals surface area contributed by atoms with Crippen molar-refractivity contribution < 1.29 is 18.8 Å². The summed E-state index contributed by atoms with van der Waals surface area (Å²) in [6, 6.07) is 1.97. The Bertz CT molecular complexity index is 1010. The molecule has 0 aliphatic rings. The second kappa shape index (κ2) is 11.8. The number of unbranched alkanes of at least 4 members (excludes halogenated alkanes) is 1. The molecule has 3 aromatic heterocycles. The predicted octanol–water partition coefficient (Wildman–Crippen LogP) is 4.61. The Hall–Kier alpha value is -1.98. The van der Waals surface area contributed by atoms with E-state index >= 15 is 0 Å². The summed E-state index contributed by atoms with van der Waals surface area (Å²) < 4.78 is 17.8. The van der Waals surface area contributed by atoms with Crippen molar-refractivity contribution in [1.29, 1.82) is 0 Å². The van der Waals surface area contributed by atoms with Gasteiger partial charge in [-0.2, -0.15) is 5.10 Å². The van der Waals surface area contributed by atoms with Gasteiger partial charge in [-0.3, -0.25) is 0 Å².